The number of aromatic carboxylic acids is 1. The first-order valence-corrected chi connectivity index (χ1v) is 6.67. The second-order valence-electron chi connectivity index (χ2n) is 4.50. The summed E-state index contributed by atoms with van der Waals surface area (Å²) in [5.74, 6) is 0.384. The SMILES string of the molecule is O=C(O)c1cc(NCc2cccc3c2OCO3)ccc1Cl. The summed E-state index contributed by atoms with van der Waals surface area (Å²) >= 11 is 5.84. The van der Waals surface area contributed by atoms with Gasteiger partial charge in [-0.15, -0.1) is 0 Å². The van der Waals surface area contributed by atoms with Crippen LogP contribution in [0.5, 0.6) is 11.5 Å². The lowest BCUT2D eigenvalue weighted by molar-refractivity contribution is 0.0697. The number of fused-ring (bicyclic) bond motifs is 1. The normalized spacial score (nSPS) is 12.2. The van der Waals surface area contributed by atoms with Gasteiger partial charge in [-0.2, -0.15) is 0 Å². The molecule has 0 saturated carbocycles. The molecule has 0 bridgehead atoms. The first-order valence-electron chi connectivity index (χ1n) is 6.29. The number of carboxylic acid groups (broad SMARTS) is 1. The number of para-hydroxylation sites is 1. The third-order valence-electron chi connectivity index (χ3n) is 3.16. The van der Waals surface area contributed by atoms with E-state index in [-0.39, 0.29) is 17.4 Å². The van der Waals surface area contributed by atoms with Gasteiger partial charge in [-0.25, -0.2) is 4.79 Å². The fraction of sp³-hybridized carbons (Fsp3) is 0.133. The van der Waals surface area contributed by atoms with Crippen LogP contribution in [0.3, 0.4) is 0 Å². The summed E-state index contributed by atoms with van der Waals surface area (Å²) in [6, 6.07) is 10.4. The highest BCUT2D eigenvalue weighted by molar-refractivity contribution is 6.33. The van der Waals surface area contributed by atoms with E-state index in [1.165, 1.54) is 6.07 Å². The van der Waals surface area contributed by atoms with Crippen molar-refractivity contribution in [2.45, 2.75) is 6.54 Å². The minimum absolute atomic E-state index is 0.0690. The molecule has 21 heavy (non-hydrogen) atoms. The van der Waals surface area contributed by atoms with Gasteiger partial charge in [0.25, 0.3) is 0 Å². The number of carboxylic acids is 1. The monoisotopic (exact) mass is 305 g/mol. The van der Waals surface area contributed by atoms with Crippen molar-refractivity contribution in [2.24, 2.45) is 0 Å². The third kappa shape index (κ3) is 2.73. The molecule has 2 aromatic carbocycles. The zero-order valence-electron chi connectivity index (χ0n) is 10.9. The average Bonchev–Trinajstić information content (AvgIpc) is 2.95. The van der Waals surface area contributed by atoms with Crippen molar-refractivity contribution in [1.29, 1.82) is 0 Å². The molecule has 108 valence electrons. The molecule has 5 nitrogen and oxygen atoms in total. The zero-order chi connectivity index (χ0) is 14.8. The van der Waals surface area contributed by atoms with E-state index >= 15 is 0 Å². The number of rotatable bonds is 4. The van der Waals surface area contributed by atoms with Crippen LogP contribution in [-0.4, -0.2) is 17.9 Å². The van der Waals surface area contributed by atoms with Crippen LogP contribution in [0.1, 0.15) is 15.9 Å². The second kappa shape index (κ2) is 5.54. The summed E-state index contributed by atoms with van der Waals surface area (Å²) < 4.78 is 10.7. The smallest absolute Gasteiger partial charge is 0.337 e. The number of hydrogen-bond donors (Lipinski definition) is 2. The Hall–Kier alpha value is -2.40. The number of hydrogen-bond acceptors (Lipinski definition) is 4. The van der Waals surface area contributed by atoms with Gasteiger partial charge in [-0.3, -0.25) is 0 Å². The largest absolute Gasteiger partial charge is 0.478 e. The fourth-order valence-corrected chi connectivity index (χ4v) is 2.32. The molecule has 2 aromatic rings. The summed E-state index contributed by atoms with van der Waals surface area (Å²) in [6.07, 6.45) is 0. The van der Waals surface area contributed by atoms with Crippen molar-refractivity contribution >= 4 is 23.3 Å². The Morgan fingerprint density at radius 3 is 2.95 bits per heavy atom. The quantitative estimate of drug-likeness (QED) is 0.906. The second-order valence-corrected chi connectivity index (χ2v) is 4.91. The van der Waals surface area contributed by atoms with Crippen LogP contribution in [0.25, 0.3) is 0 Å². The van der Waals surface area contributed by atoms with E-state index < -0.39 is 5.97 Å². The van der Waals surface area contributed by atoms with Gasteiger partial charge < -0.3 is 19.9 Å². The number of nitrogens with one attached hydrogen (secondary N) is 1. The Bertz CT molecular complexity index is 702. The van der Waals surface area contributed by atoms with Crippen molar-refractivity contribution in [3.8, 4) is 11.5 Å². The molecule has 0 atom stereocenters. The average molecular weight is 306 g/mol. The molecule has 0 fully saturated rings. The molecular formula is C15H12ClNO4. The number of carbonyl (C=O) groups is 1. The van der Waals surface area contributed by atoms with Crippen LogP contribution in [-0.2, 0) is 6.54 Å². The van der Waals surface area contributed by atoms with E-state index in [0.29, 0.717) is 12.2 Å². The molecule has 0 aromatic heterocycles. The van der Waals surface area contributed by atoms with E-state index in [9.17, 15) is 4.79 Å². The lowest BCUT2D eigenvalue weighted by Crippen LogP contribution is -2.03. The molecule has 0 radical (unpaired) electrons. The van der Waals surface area contributed by atoms with Crippen LogP contribution in [0.15, 0.2) is 36.4 Å². The van der Waals surface area contributed by atoms with Crippen molar-refractivity contribution in [3.63, 3.8) is 0 Å². The zero-order valence-corrected chi connectivity index (χ0v) is 11.7. The van der Waals surface area contributed by atoms with E-state index in [2.05, 4.69) is 5.32 Å². The minimum atomic E-state index is -1.05. The fourth-order valence-electron chi connectivity index (χ4n) is 2.13. The van der Waals surface area contributed by atoms with Gasteiger partial charge in [-0.05, 0) is 24.3 Å². The highest BCUT2D eigenvalue weighted by Gasteiger charge is 2.17. The Morgan fingerprint density at radius 2 is 2.14 bits per heavy atom. The van der Waals surface area contributed by atoms with Crippen molar-refractivity contribution < 1.29 is 19.4 Å². The van der Waals surface area contributed by atoms with Gasteiger partial charge in [0, 0.05) is 17.8 Å². The maximum absolute atomic E-state index is 11.1. The van der Waals surface area contributed by atoms with Crippen LogP contribution >= 0.6 is 11.6 Å². The van der Waals surface area contributed by atoms with E-state index in [0.717, 1.165) is 17.1 Å². The first-order chi connectivity index (χ1) is 10.1. The number of anilines is 1. The maximum atomic E-state index is 11.1. The van der Waals surface area contributed by atoms with Crippen molar-refractivity contribution in [3.05, 3.63) is 52.5 Å². The van der Waals surface area contributed by atoms with Gasteiger partial charge in [0.2, 0.25) is 6.79 Å². The van der Waals surface area contributed by atoms with E-state index in [4.69, 9.17) is 26.2 Å². The van der Waals surface area contributed by atoms with E-state index in [1.807, 2.05) is 18.2 Å². The minimum Gasteiger partial charge on any atom is -0.478 e. The summed E-state index contributed by atoms with van der Waals surface area (Å²) in [7, 11) is 0. The van der Waals surface area contributed by atoms with Gasteiger partial charge in [0.05, 0.1) is 10.6 Å². The van der Waals surface area contributed by atoms with Crippen LogP contribution in [0, 0.1) is 0 Å². The summed E-state index contributed by atoms with van der Waals surface area (Å²) in [6.45, 7) is 0.712. The number of halogens is 1. The van der Waals surface area contributed by atoms with Gasteiger partial charge in [-0.1, -0.05) is 23.7 Å². The summed E-state index contributed by atoms with van der Waals surface area (Å²) in [4.78, 5) is 11.1. The molecule has 1 aliphatic heterocycles. The van der Waals surface area contributed by atoms with Gasteiger partial charge in [0.1, 0.15) is 0 Å². The number of benzene rings is 2. The highest BCUT2D eigenvalue weighted by atomic mass is 35.5. The van der Waals surface area contributed by atoms with Crippen LogP contribution in [0.4, 0.5) is 5.69 Å². The van der Waals surface area contributed by atoms with Crippen LogP contribution in [0.2, 0.25) is 5.02 Å². The summed E-state index contributed by atoms with van der Waals surface area (Å²) in [5.41, 5.74) is 1.68. The molecule has 1 aliphatic rings. The predicted molar refractivity (Wildman–Crippen MR) is 78.3 cm³/mol. The van der Waals surface area contributed by atoms with Crippen LogP contribution < -0.4 is 14.8 Å². The molecule has 2 N–H and O–H groups in total. The number of ether oxygens (including phenoxy) is 2. The lowest BCUT2D eigenvalue weighted by Gasteiger charge is -2.10. The molecule has 3 rings (SSSR count). The topological polar surface area (TPSA) is 67.8 Å². The molecule has 1 heterocycles. The molecule has 0 amide bonds. The molecule has 0 spiro atoms. The third-order valence-corrected chi connectivity index (χ3v) is 3.49. The molecule has 0 unspecified atom stereocenters. The molecule has 6 heteroatoms. The van der Waals surface area contributed by atoms with E-state index in [1.54, 1.807) is 12.1 Å². The van der Waals surface area contributed by atoms with Gasteiger partial charge >= 0.3 is 5.97 Å². The maximum Gasteiger partial charge on any atom is 0.337 e. The predicted octanol–water partition coefficient (Wildman–Crippen LogP) is 3.38. The Balaban J connectivity index is 1.78. The first kappa shape index (κ1) is 13.6. The van der Waals surface area contributed by atoms with Gasteiger partial charge in [0.15, 0.2) is 11.5 Å². The summed E-state index contributed by atoms with van der Waals surface area (Å²) in [5, 5.41) is 12.4. The Labute approximate surface area is 126 Å². The highest BCUT2D eigenvalue weighted by Crippen LogP contribution is 2.35. The molecule has 0 aliphatic carbocycles. The standard InChI is InChI=1S/C15H12ClNO4/c16-12-5-4-10(6-11(12)15(18)19)17-7-9-2-1-3-13-14(9)21-8-20-13/h1-6,17H,7-8H2,(H,18,19). The molecule has 0 saturated heterocycles. The Morgan fingerprint density at radius 1 is 1.29 bits per heavy atom. The lowest BCUT2D eigenvalue weighted by atomic mass is 10.1. The van der Waals surface area contributed by atoms with Crippen molar-refractivity contribution in [1.82, 2.24) is 0 Å². The molecular weight excluding hydrogens is 294 g/mol. The Kier molecular flexibility index (Phi) is 3.58. The van der Waals surface area contributed by atoms with Crippen molar-refractivity contribution in [2.75, 3.05) is 12.1 Å².